The average molecular weight is 229 g/mol. The fraction of sp³-hybridized carbons (Fsp3) is 0.500. The zero-order chi connectivity index (χ0) is 12.5. The van der Waals surface area contributed by atoms with Crippen LogP contribution in [0.25, 0.3) is 0 Å². The van der Waals surface area contributed by atoms with Crippen LogP contribution in [0.2, 0.25) is 0 Å². The lowest BCUT2D eigenvalue weighted by Gasteiger charge is -2.35. The molecule has 2 nitrogen and oxygen atoms in total. The Morgan fingerprint density at radius 1 is 1.25 bits per heavy atom. The highest BCUT2D eigenvalue weighted by atomic mass is 19.1. The molecule has 0 radical (unpaired) electrons. The first-order valence-corrected chi connectivity index (χ1v) is 5.07. The van der Waals surface area contributed by atoms with Crippen molar-refractivity contribution in [3.8, 4) is 0 Å². The van der Waals surface area contributed by atoms with Crippen molar-refractivity contribution >= 4 is 0 Å². The predicted molar refractivity (Wildman–Crippen MR) is 59.1 cm³/mol. The maximum atomic E-state index is 13.6. The summed E-state index contributed by atoms with van der Waals surface area (Å²) in [5, 5.41) is 9.99. The van der Waals surface area contributed by atoms with E-state index in [0.717, 1.165) is 18.2 Å². The highest BCUT2D eigenvalue weighted by molar-refractivity contribution is 5.24. The molecule has 0 fully saturated rings. The number of hydrogen-bond acceptors (Lipinski definition) is 2. The summed E-state index contributed by atoms with van der Waals surface area (Å²) in [6.07, 6.45) is 0. The van der Waals surface area contributed by atoms with Crippen LogP contribution in [0.1, 0.15) is 25.5 Å². The summed E-state index contributed by atoms with van der Waals surface area (Å²) in [7, 11) is 3.43. The molecule has 1 N–H and O–H groups in total. The van der Waals surface area contributed by atoms with Gasteiger partial charge in [-0.05, 0) is 46.1 Å². The molecule has 1 aromatic carbocycles. The van der Waals surface area contributed by atoms with Gasteiger partial charge in [-0.25, -0.2) is 8.78 Å². The van der Waals surface area contributed by atoms with E-state index >= 15 is 0 Å². The van der Waals surface area contributed by atoms with Crippen molar-refractivity contribution in [1.82, 2.24) is 4.90 Å². The van der Waals surface area contributed by atoms with Crippen molar-refractivity contribution in [3.05, 3.63) is 35.4 Å². The molecule has 1 atom stereocenters. The van der Waals surface area contributed by atoms with E-state index in [1.807, 2.05) is 0 Å². The van der Waals surface area contributed by atoms with Crippen molar-refractivity contribution in [2.45, 2.75) is 25.5 Å². The Bertz CT molecular complexity index is 372. The summed E-state index contributed by atoms with van der Waals surface area (Å²) in [5.74, 6) is -1.02. The molecular formula is C12H17F2NO. The van der Waals surface area contributed by atoms with E-state index in [2.05, 4.69) is 0 Å². The zero-order valence-electron chi connectivity index (χ0n) is 9.96. The predicted octanol–water partition coefficient (Wildman–Crippen LogP) is 2.34. The molecule has 0 aliphatic heterocycles. The summed E-state index contributed by atoms with van der Waals surface area (Å²) in [6.45, 7) is 3.14. The van der Waals surface area contributed by atoms with E-state index in [9.17, 15) is 13.9 Å². The molecule has 90 valence electrons. The summed E-state index contributed by atoms with van der Waals surface area (Å²) in [6, 6.07) is 2.67. The van der Waals surface area contributed by atoms with Gasteiger partial charge in [-0.15, -0.1) is 0 Å². The lowest BCUT2D eigenvalue weighted by Crippen LogP contribution is -2.39. The monoisotopic (exact) mass is 229 g/mol. The van der Waals surface area contributed by atoms with Gasteiger partial charge in [-0.3, -0.25) is 4.90 Å². The van der Waals surface area contributed by atoms with Gasteiger partial charge in [0.05, 0.1) is 11.6 Å². The largest absolute Gasteiger partial charge is 0.388 e. The van der Waals surface area contributed by atoms with Crippen LogP contribution in [0.3, 0.4) is 0 Å². The van der Waals surface area contributed by atoms with Gasteiger partial charge in [0.2, 0.25) is 0 Å². The van der Waals surface area contributed by atoms with Crippen molar-refractivity contribution in [1.29, 1.82) is 0 Å². The van der Waals surface area contributed by atoms with Crippen LogP contribution in [-0.2, 0) is 0 Å². The molecule has 0 aromatic heterocycles. The highest BCUT2D eigenvalue weighted by Crippen LogP contribution is 2.31. The van der Waals surface area contributed by atoms with E-state index < -0.39 is 23.3 Å². The van der Waals surface area contributed by atoms with E-state index in [4.69, 9.17) is 0 Å². The molecule has 0 bridgehead atoms. The van der Waals surface area contributed by atoms with Gasteiger partial charge in [0, 0.05) is 5.56 Å². The molecule has 1 unspecified atom stereocenters. The van der Waals surface area contributed by atoms with E-state index in [1.54, 1.807) is 32.8 Å². The Morgan fingerprint density at radius 2 is 1.81 bits per heavy atom. The van der Waals surface area contributed by atoms with Gasteiger partial charge in [0.25, 0.3) is 0 Å². The quantitative estimate of drug-likeness (QED) is 0.860. The molecule has 0 aliphatic rings. The van der Waals surface area contributed by atoms with Gasteiger partial charge < -0.3 is 5.11 Å². The maximum Gasteiger partial charge on any atom is 0.128 e. The molecule has 4 heteroatoms. The number of halogens is 2. The molecule has 0 saturated carbocycles. The third kappa shape index (κ3) is 2.77. The van der Waals surface area contributed by atoms with Crippen LogP contribution < -0.4 is 0 Å². The minimum absolute atomic E-state index is 0.164. The third-order valence-corrected chi connectivity index (χ3v) is 2.44. The van der Waals surface area contributed by atoms with Gasteiger partial charge in [0.1, 0.15) is 11.6 Å². The number of rotatable bonds is 3. The minimum atomic E-state index is -1.15. The number of likely N-dealkylation sites (N-methyl/N-ethyl adjacent to an activating group) is 1. The maximum absolute atomic E-state index is 13.6. The number of benzene rings is 1. The average Bonchev–Trinajstić information content (AvgIpc) is 2.08. The molecule has 0 amide bonds. The molecular weight excluding hydrogens is 212 g/mol. The van der Waals surface area contributed by atoms with Crippen LogP contribution in [0.4, 0.5) is 8.78 Å². The Labute approximate surface area is 94.5 Å². The number of hydrogen-bond donors (Lipinski definition) is 1. The van der Waals surface area contributed by atoms with Crippen molar-refractivity contribution in [3.63, 3.8) is 0 Å². The fourth-order valence-corrected chi connectivity index (χ4v) is 2.01. The van der Waals surface area contributed by atoms with Gasteiger partial charge in [0.15, 0.2) is 0 Å². The summed E-state index contributed by atoms with van der Waals surface area (Å²) >= 11 is 0. The van der Waals surface area contributed by atoms with Gasteiger partial charge in [-0.2, -0.15) is 0 Å². The Balaban J connectivity index is 3.26. The van der Waals surface area contributed by atoms with Crippen LogP contribution in [-0.4, -0.2) is 29.7 Å². The first-order chi connectivity index (χ1) is 7.23. The SMILES string of the molecule is CN(C)C(c1cc(F)ccc1F)C(C)(C)O. The van der Waals surface area contributed by atoms with Crippen LogP contribution in [0.5, 0.6) is 0 Å². The lowest BCUT2D eigenvalue weighted by atomic mass is 9.90. The van der Waals surface area contributed by atoms with Crippen LogP contribution in [0, 0.1) is 11.6 Å². The van der Waals surface area contributed by atoms with Crippen molar-refractivity contribution < 1.29 is 13.9 Å². The van der Waals surface area contributed by atoms with Crippen LogP contribution in [0.15, 0.2) is 18.2 Å². The molecule has 1 aromatic rings. The first kappa shape index (κ1) is 13.1. The molecule has 0 saturated heterocycles. The molecule has 16 heavy (non-hydrogen) atoms. The summed E-state index contributed by atoms with van der Waals surface area (Å²) in [5.41, 5.74) is -0.990. The normalized spacial score (nSPS) is 14.2. The Hall–Kier alpha value is -1.00. The summed E-state index contributed by atoms with van der Waals surface area (Å²) in [4.78, 5) is 1.66. The Kier molecular flexibility index (Phi) is 3.65. The first-order valence-electron chi connectivity index (χ1n) is 5.07. The second kappa shape index (κ2) is 4.47. The smallest absolute Gasteiger partial charge is 0.128 e. The van der Waals surface area contributed by atoms with E-state index in [0.29, 0.717) is 0 Å². The zero-order valence-corrected chi connectivity index (χ0v) is 9.96. The van der Waals surface area contributed by atoms with Gasteiger partial charge in [-0.1, -0.05) is 0 Å². The van der Waals surface area contributed by atoms with Gasteiger partial charge >= 0.3 is 0 Å². The molecule has 0 heterocycles. The van der Waals surface area contributed by atoms with E-state index in [1.165, 1.54) is 0 Å². The second-order valence-corrected chi connectivity index (χ2v) is 4.69. The second-order valence-electron chi connectivity index (χ2n) is 4.69. The van der Waals surface area contributed by atoms with Crippen LogP contribution >= 0.6 is 0 Å². The molecule has 0 aliphatic carbocycles. The number of aliphatic hydroxyl groups is 1. The third-order valence-electron chi connectivity index (χ3n) is 2.44. The minimum Gasteiger partial charge on any atom is -0.388 e. The van der Waals surface area contributed by atoms with Crippen molar-refractivity contribution in [2.75, 3.05) is 14.1 Å². The highest BCUT2D eigenvalue weighted by Gasteiger charge is 2.32. The molecule has 1 rings (SSSR count). The topological polar surface area (TPSA) is 23.5 Å². The Morgan fingerprint density at radius 3 is 2.25 bits per heavy atom. The fourth-order valence-electron chi connectivity index (χ4n) is 2.01. The lowest BCUT2D eigenvalue weighted by molar-refractivity contribution is -0.00476. The molecule has 0 spiro atoms. The standard InChI is InChI=1S/C12H17F2NO/c1-12(2,16)11(15(3)4)9-7-8(13)5-6-10(9)14/h5-7,11,16H,1-4H3. The number of nitrogens with zero attached hydrogens (tertiary/aromatic N) is 1. The van der Waals surface area contributed by atoms with Crippen molar-refractivity contribution in [2.24, 2.45) is 0 Å². The van der Waals surface area contributed by atoms with E-state index in [-0.39, 0.29) is 5.56 Å². The summed E-state index contributed by atoms with van der Waals surface area (Å²) < 4.78 is 26.7.